The first-order valence-electron chi connectivity index (χ1n) is 12.8. The molecular formula is C28H30N2O4. The van der Waals surface area contributed by atoms with E-state index >= 15 is 0 Å². The Kier molecular flexibility index (Phi) is 3.69. The Morgan fingerprint density at radius 3 is 2.88 bits per heavy atom. The number of phenols is 1. The van der Waals surface area contributed by atoms with Gasteiger partial charge < -0.3 is 25.0 Å². The SMILES string of the molecule is OCCc1cccc2[nH]c3c(c12)CC1(O)C2Cc4ccc(O)c5c4C1(CCN2CC1CC1)C3O5. The lowest BCUT2D eigenvalue weighted by Gasteiger charge is -2.62. The van der Waals surface area contributed by atoms with Gasteiger partial charge in [0.05, 0.1) is 16.7 Å². The maximum Gasteiger partial charge on any atom is 0.166 e. The molecule has 3 aliphatic carbocycles. The first-order valence-corrected chi connectivity index (χ1v) is 12.8. The van der Waals surface area contributed by atoms with Gasteiger partial charge in [0, 0.05) is 42.1 Å². The summed E-state index contributed by atoms with van der Waals surface area (Å²) < 4.78 is 6.65. The number of H-pyrrole nitrogens is 1. The van der Waals surface area contributed by atoms with Crippen LogP contribution in [0.3, 0.4) is 0 Å². The normalized spacial score (nSPS) is 33.0. The lowest BCUT2D eigenvalue weighted by molar-refractivity contribution is -0.173. The van der Waals surface area contributed by atoms with Crippen LogP contribution >= 0.6 is 0 Å². The summed E-state index contributed by atoms with van der Waals surface area (Å²) in [4.78, 5) is 6.22. The molecule has 2 fully saturated rings. The number of nitrogens with zero attached hydrogens (tertiary/aromatic N) is 1. The largest absolute Gasteiger partial charge is 0.504 e. The minimum Gasteiger partial charge on any atom is -0.504 e. The number of nitrogens with one attached hydrogen (secondary N) is 1. The lowest BCUT2D eigenvalue weighted by atomic mass is 9.49. The Morgan fingerprint density at radius 1 is 1.18 bits per heavy atom. The average Bonchev–Trinajstić information content (AvgIpc) is 3.45. The third-order valence-electron chi connectivity index (χ3n) is 9.65. The maximum absolute atomic E-state index is 12.9. The predicted octanol–water partition coefficient (Wildman–Crippen LogP) is 3.11. The molecule has 0 radical (unpaired) electrons. The topological polar surface area (TPSA) is 89.0 Å². The molecule has 3 aromatic rings. The van der Waals surface area contributed by atoms with Crippen molar-refractivity contribution in [1.29, 1.82) is 0 Å². The van der Waals surface area contributed by atoms with Crippen LogP contribution in [0.5, 0.6) is 11.5 Å². The third kappa shape index (κ3) is 2.19. The molecule has 3 heterocycles. The van der Waals surface area contributed by atoms with E-state index in [0.29, 0.717) is 18.6 Å². The predicted molar refractivity (Wildman–Crippen MR) is 127 cm³/mol. The van der Waals surface area contributed by atoms with Crippen LogP contribution < -0.4 is 4.74 Å². The number of aliphatic hydroxyl groups is 2. The standard InChI is InChI=1S/C28H30N2O4/c31-11-8-16-2-1-3-19-22(16)18-13-28(33)21-12-17-6-7-20(32)25-23(17)27(28,26(34-25)24(18)29-19)9-10-30(21)14-15-4-5-15/h1-3,6-7,15,21,26,29,31-33H,4-5,8-14H2. The molecule has 1 saturated heterocycles. The van der Waals surface area contributed by atoms with Gasteiger partial charge in [0.15, 0.2) is 17.6 Å². The number of phenolic OH excluding ortho intramolecular Hbond substituents is 1. The highest BCUT2D eigenvalue weighted by atomic mass is 16.5. The van der Waals surface area contributed by atoms with Crippen molar-refractivity contribution in [2.45, 2.75) is 61.7 Å². The van der Waals surface area contributed by atoms with Gasteiger partial charge in [-0.25, -0.2) is 0 Å². The number of ether oxygens (including phenoxy) is 1. The molecule has 5 aliphatic rings. The van der Waals surface area contributed by atoms with Gasteiger partial charge in [-0.3, -0.25) is 4.90 Å². The number of rotatable bonds is 4. The first-order chi connectivity index (χ1) is 16.5. The number of aliphatic hydroxyl groups excluding tert-OH is 1. The van der Waals surface area contributed by atoms with Crippen LogP contribution in [0.25, 0.3) is 10.9 Å². The van der Waals surface area contributed by atoms with Crippen molar-refractivity contribution in [1.82, 2.24) is 9.88 Å². The Balaban J connectivity index is 1.41. The Labute approximate surface area is 198 Å². The molecule has 34 heavy (non-hydrogen) atoms. The van der Waals surface area contributed by atoms with Gasteiger partial charge in [-0.05, 0) is 73.4 Å². The molecule has 4 N–H and O–H groups in total. The van der Waals surface area contributed by atoms with E-state index in [9.17, 15) is 15.3 Å². The van der Waals surface area contributed by atoms with Gasteiger partial charge in [0.2, 0.25) is 0 Å². The van der Waals surface area contributed by atoms with E-state index in [1.165, 1.54) is 18.4 Å². The second kappa shape index (κ2) is 6.36. The summed E-state index contributed by atoms with van der Waals surface area (Å²) in [5.41, 5.74) is 5.00. The summed E-state index contributed by atoms with van der Waals surface area (Å²) in [5.74, 6) is 1.49. The summed E-state index contributed by atoms with van der Waals surface area (Å²) in [5, 5.41) is 34.5. The van der Waals surface area contributed by atoms with Crippen LogP contribution in [0.4, 0.5) is 0 Å². The van der Waals surface area contributed by atoms with E-state index in [2.05, 4.69) is 28.1 Å². The van der Waals surface area contributed by atoms with Gasteiger partial charge in [-0.2, -0.15) is 0 Å². The van der Waals surface area contributed by atoms with E-state index in [0.717, 1.165) is 65.1 Å². The van der Waals surface area contributed by atoms with Crippen molar-refractivity contribution in [2.75, 3.05) is 19.7 Å². The van der Waals surface area contributed by atoms with Crippen molar-refractivity contribution >= 4 is 10.9 Å². The lowest BCUT2D eigenvalue weighted by Crippen LogP contribution is -2.74. The number of hydrogen-bond donors (Lipinski definition) is 4. The van der Waals surface area contributed by atoms with E-state index in [1.54, 1.807) is 6.07 Å². The second-order valence-corrected chi connectivity index (χ2v) is 11.3. The number of hydrogen-bond acceptors (Lipinski definition) is 5. The number of aromatic hydroxyl groups is 1. The second-order valence-electron chi connectivity index (χ2n) is 11.3. The van der Waals surface area contributed by atoms with Crippen LogP contribution in [0, 0.1) is 5.92 Å². The van der Waals surface area contributed by atoms with Gasteiger partial charge in [0.1, 0.15) is 0 Å². The van der Waals surface area contributed by atoms with Crippen LogP contribution in [0.2, 0.25) is 0 Å². The molecule has 2 bridgehead atoms. The number of piperidine rings is 1. The molecule has 2 aliphatic heterocycles. The van der Waals surface area contributed by atoms with Crippen molar-refractivity contribution in [3.05, 3.63) is 58.3 Å². The Hall–Kier alpha value is -2.54. The number of aromatic nitrogens is 1. The molecule has 4 unspecified atom stereocenters. The van der Waals surface area contributed by atoms with Crippen LogP contribution in [-0.4, -0.2) is 56.5 Å². The number of likely N-dealkylation sites (tertiary alicyclic amines) is 1. The minimum absolute atomic E-state index is 0.0269. The fourth-order valence-electron chi connectivity index (χ4n) is 8.09. The molecule has 2 aromatic carbocycles. The Morgan fingerprint density at radius 2 is 2.06 bits per heavy atom. The van der Waals surface area contributed by atoms with Gasteiger partial charge >= 0.3 is 0 Å². The quantitative estimate of drug-likeness (QED) is 0.483. The van der Waals surface area contributed by atoms with Gasteiger partial charge in [-0.15, -0.1) is 0 Å². The molecule has 6 nitrogen and oxygen atoms in total. The van der Waals surface area contributed by atoms with Crippen LogP contribution in [0.1, 0.15) is 53.3 Å². The summed E-state index contributed by atoms with van der Waals surface area (Å²) in [6.07, 6.45) is 4.98. The van der Waals surface area contributed by atoms with Gasteiger partial charge in [0.25, 0.3) is 0 Å². The first kappa shape index (κ1) is 19.7. The van der Waals surface area contributed by atoms with Crippen LogP contribution in [0.15, 0.2) is 30.3 Å². The van der Waals surface area contributed by atoms with Crippen molar-refractivity contribution in [2.24, 2.45) is 5.92 Å². The zero-order chi connectivity index (χ0) is 22.8. The smallest absolute Gasteiger partial charge is 0.166 e. The number of fused-ring (bicyclic) bond motifs is 4. The van der Waals surface area contributed by atoms with E-state index < -0.39 is 11.0 Å². The summed E-state index contributed by atoms with van der Waals surface area (Å²) in [6.45, 7) is 2.10. The van der Waals surface area contributed by atoms with E-state index in [-0.39, 0.29) is 24.5 Å². The maximum atomic E-state index is 12.9. The highest BCUT2D eigenvalue weighted by molar-refractivity contribution is 5.89. The van der Waals surface area contributed by atoms with Gasteiger partial charge in [-0.1, -0.05) is 18.2 Å². The highest BCUT2D eigenvalue weighted by Crippen LogP contribution is 2.69. The zero-order valence-corrected chi connectivity index (χ0v) is 19.2. The fraction of sp³-hybridized carbons (Fsp3) is 0.500. The Bertz CT molecular complexity index is 1360. The van der Waals surface area contributed by atoms with Crippen molar-refractivity contribution in [3.63, 3.8) is 0 Å². The molecule has 176 valence electrons. The van der Waals surface area contributed by atoms with E-state index in [4.69, 9.17) is 4.74 Å². The molecule has 0 amide bonds. The molecule has 6 heteroatoms. The molecule has 1 saturated carbocycles. The monoisotopic (exact) mass is 458 g/mol. The van der Waals surface area contributed by atoms with E-state index in [1.807, 2.05) is 6.07 Å². The molecule has 4 atom stereocenters. The minimum atomic E-state index is -0.981. The number of benzene rings is 2. The van der Waals surface area contributed by atoms with Crippen molar-refractivity contribution < 1.29 is 20.1 Å². The highest BCUT2D eigenvalue weighted by Gasteiger charge is 2.72. The van der Waals surface area contributed by atoms with Crippen LogP contribution in [-0.2, 0) is 24.7 Å². The fourth-order valence-corrected chi connectivity index (χ4v) is 8.09. The molecule has 8 rings (SSSR count). The number of aromatic amines is 1. The molecule has 1 aromatic heterocycles. The molecular weight excluding hydrogens is 428 g/mol. The summed E-state index contributed by atoms with van der Waals surface area (Å²) in [7, 11) is 0. The molecule has 1 spiro atoms. The average molecular weight is 459 g/mol. The summed E-state index contributed by atoms with van der Waals surface area (Å²) >= 11 is 0. The summed E-state index contributed by atoms with van der Waals surface area (Å²) in [6, 6.07) is 10.0. The zero-order valence-electron chi connectivity index (χ0n) is 19.2. The third-order valence-corrected chi connectivity index (χ3v) is 9.65. The van der Waals surface area contributed by atoms with Crippen molar-refractivity contribution in [3.8, 4) is 11.5 Å².